The summed E-state index contributed by atoms with van der Waals surface area (Å²) >= 11 is 5.81. The highest BCUT2D eigenvalue weighted by Gasteiger charge is 2.14. The van der Waals surface area contributed by atoms with Crippen LogP contribution in [0.1, 0.15) is 5.56 Å². The van der Waals surface area contributed by atoms with Gasteiger partial charge >= 0.3 is 0 Å². The van der Waals surface area contributed by atoms with Crippen molar-refractivity contribution in [2.45, 2.75) is 0 Å². The first-order chi connectivity index (χ1) is 10.9. The molecule has 0 aliphatic heterocycles. The zero-order valence-electron chi connectivity index (χ0n) is 11.4. The molecule has 1 amide bonds. The summed E-state index contributed by atoms with van der Waals surface area (Å²) in [5.74, 6) is -3.50. The van der Waals surface area contributed by atoms with E-state index in [1.807, 2.05) is 0 Å². The Morgan fingerprint density at radius 3 is 2.52 bits per heavy atom. The van der Waals surface area contributed by atoms with Crippen molar-refractivity contribution in [1.29, 1.82) is 5.26 Å². The maximum atomic E-state index is 13.7. The molecule has 0 aliphatic carbocycles. The minimum Gasteiger partial charge on any atom is -0.319 e. The molecule has 0 aromatic heterocycles. The molecule has 0 unspecified atom stereocenters. The summed E-state index contributed by atoms with van der Waals surface area (Å²) in [6.07, 6.45) is 0.953. The lowest BCUT2D eigenvalue weighted by atomic mass is 10.1. The van der Waals surface area contributed by atoms with Crippen molar-refractivity contribution >= 4 is 29.3 Å². The number of hydrogen-bond acceptors (Lipinski definition) is 2. The zero-order chi connectivity index (χ0) is 17.0. The smallest absolute Gasteiger partial charge is 0.266 e. The summed E-state index contributed by atoms with van der Waals surface area (Å²) in [6, 6.07) is 8.00. The predicted molar refractivity (Wildman–Crippen MR) is 80.0 cm³/mol. The first-order valence-electron chi connectivity index (χ1n) is 6.24. The van der Waals surface area contributed by atoms with Gasteiger partial charge in [0, 0.05) is 11.6 Å². The van der Waals surface area contributed by atoms with Crippen LogP contribution in [0.25, 0.3) is 6.08 Å². The number of nitrogens with one attached hydrogen (secondary N) is 1. The monoisotopic (exact) mass is 336 g/mol. The van der Waals surface area contributed by atoms with E-state index in [2.05, 4.69) is 5.32 Å². The molecule has 2 rings (SSSR count). The standard InChI is InChI=1S/C16H8ClF3N2O/c17-12-2-1-3-13(19)11(12)6-9(8-21)16(23)22-15-5-4-10(18)7-14(15)20/h1-7H,(H,22,23). The van der Waals surface area contributed by atoms with Crippen molar-refractivity contribution in [3.8, 4) is 6.07 Å². The van der Waals surface area contributed by atoms with Crippen LogP contribution in [0.15, 0.2) is 42.0 Å². The van der Waals surface area contributed by atoms with E-state index in [9.17, 15) is 18.0 Å². The largest absolute Gasteiger partial charge is 0.319 e. The van der Waals surface area contributed by atoms with Crippen LogP contribution in [-0.2, 0) is 4.79 Å². The van der Waals surface area contributed by atoms with Gasteiger partial charge in [0.15, 0.2) is 0 Å². The van der Waals surface area contributed by atoms with E-state index in [0.717, 1.165) is 24.3 Å². The lowest BCUT2D eigenvalue weighted by Gasteiger charge is -2.06. The summed E-state index contributed by atoms with van der Waals surface area (Å²) in [4.78, 5) is 12.0. The third-order valence-corrected chi connectivity index (χ3v) is 3.16. The molecule has 1 N–H and O–H groups in total. The second kappa shape index (κ2) is 6.99. The highest BCUT2D eigenvalue weighted by Crippen LogP contribution is 2.22. The lowest BCUT2D eigenvalue weighted by Crippen LogP contribution is -2.14. The molecule has 0 radical (unpaired) electrons. The van der Waals surface area contributed by atoms with Gasteiger partial charge in [-0.05, 0) is 30.3 Å². The molecule has 0 atom stereocenters. The normalized spacial score (nSPS) is 11.0. The van der Waals surface area contributed by atoms with Crippen LogP contribution in [0.2, 0.25) is 5.02 Å². The molecule has 0 heterocycles. The Morgan fingerprint density at radius 2 is 1.91 bits per heavy atom. The van der Waals surface area contributed by atoms with Crippen LogP contribution < -0.4 is 5.32 Å². The number of rotatable bonds is 3. The van der Waals surface area contributed by atoms with Gasteiger partial charge in [0.25, 0.3) is 5.91 Å². The highest BCUT2D eigenvalue weighted by atomic mass is 35.5. The topological polar surface area (TPSA) is 52.9 Å². The van der Waals surface area contributed by atoms with Crippen LogP contribution in [0.4, 0.5) is 18.9 Å². The summed E-state index contributed by atoms with van der Waals surface area (Å²) in [5.41, 5.74) is -0.932. The maximum Gasteiger partial charge on any atom is 0.266 e. The number of carbonyl (C=O) groups excluding carboxylic acids is 1. The average Bonchev–Trinajstić information content (AvgIpc) is 2.50. The van der Waals surface area contributed by atoms with Gasteiger partial charge in [-0.25, -0.2) is 13.2 Å². The van der Waals surface area contributed by atoms with Crippen molar-refractivity contribution in [2.24, 2.45) is 0 Å². The van der Waals surface area contributed by atoms with Crippen molar-refractivity contribution in [1.82, 2.24) is 0 Å². The first-order valence-corrected chi connectivity index (χ1v) is 6.62. The number of benzene rings is 2. The summed E-state index contributed by atoms with van der Waals surface area (Å²) in [6.45, 7) is 0. The molecule has 7 heteroatoms. The fourth-order valence-corrected chi connectivity index (χ4v) is 1.94. The van der Waals surface area contributed by atoms with E-state index in [1.54, 1.807) is 6.07 Å². The molecule has 0 aliphatic rings. The summed E-state index contributed by atoms with van der Waals surface area (Å²) in [7, 11) is 0. The van der Waals surface area contributed by atoms with Gasteiger partial charge < -0.3 is 5.32 Å². The van der Waals surface area contributed by atoms with Gasteiger partial charge in [-0.2, -0.15) is 5.26 Å². The van der Waals surface area contributed by atoms with Gasteiger partial charge in [-0.1, -0.05) is 17.7 Å². The van der Waals surface area contributed by atoms with Gasteiger partial charge in [0.1, 0.15) is 29.1 Å². The second-order valence-corrected chi connectivity index (χ2v) is 4.79. The maximum absolute atomic E-state index is 13.7. The number of nitrogens with zero attached hydrogens (tertiary/aromatic N) is 1. The van der Waals surface area contributed by atoms with Crippen LogP contribution in [0.3, 0.4) is 0 Å². The van der Waals surface area contributed by atoms with Gasteiger partial charge in [0.2, 0.25) is 0 Å². The molecular formula is C16H8ClF3N2O. The predicted octanol–water partition coefficient (Wildman–Crippen LogP) is 4.30. The molecular weight excluding hydrogens is 329 g/mol. The number of anilines is 1. The molecule has 0 fully saturated rings. The molecule has 0 bridgehead atoms. The highest BCUT2D eigenvalue weighted by molar-refractivity contribution is 6.32. The Labute approximate surface area is 134 Å². The van der Waals surface area contributed by atoms with E-state index < -0.39 is 28.9 Å². The van der Waals surface area contributed by atoms with E-state index in [0.29, 0.717) is 6.07 Å². The fraction of sp³-hybridized carbons (Fsp3) is 0. The molecule has 2 aromatic carbocycles. The third kappa shape index (κ3) is 3.90. The van der Waals surface area contributed by atoms with Crippen molar-refractivity contribution in [3.63, 3.8) is 0 Å². The molecule has 23 heavy (non-hydrogen) atoms. The molecule has 3 nitrogen and oxygen atoms in total. The minimum atomic E-state index is -1.00. The average molecular weight is 337 g/mol. The number of carbonyl (C=O) groups is 1. The van der Waals surface area contributed by atoms with E-state index in [1.165, 1.54) is 12.1 Å². The van der Waals surface area contributed by atoms with E-state index in [4.69, 9.17) is 16.9 Å². The SMILES string of the molecule is N#CC(=Cc1c(F)cccc1Cl)C(=O)Nc1ccc(F)cc1F. The van der Waals surface area contributed by atoms with Crippen LogP contribution in [-0.4, -0.2) is 5.91 Å². The summed E-state index contributed by atoms with van der Waals surface area (Å²) in [5, 5.41) is 11.2. The minimum absolute atomic E-state index is 0.0125. The number of nitriles is 1. The van der Waals surface area contributed by atoms with Crippen LogP contribution in [0.5, 0.6) is 0 Å². The molecule has 0 spiro atoms. The van der Waals surface area contributed by atoms with E-state index >= 15 is 0 Å². The Kier molecular flexibility index (Phi) is 5.04. The Morgan fingerprint density at radius 1 is 1.17 bits per heavy atom. The van der Waals surface area contributed by atoms with Crippen LogP contribution in [0, 0.1) is 28.8 Å². The van der Waals surface area contributed by atoms with Crippen molar-refractivity contribution < 1.29 is 18.0 Å². The Hall–Kier alpha value is -2.78. The second-order valence-electron chi connectivity index (χ2n) is 4.38. The fourth-order valence-electron chi connectivity index (χ4n) is 1.72. The molecule has 116 valence electrons. The van der Waals surface area contributed by atoms with Crippen LogP contribution >= 0.6 is 11.6 Å². The van der Waals surface area contributed by atoms with Gasteiger partial charge in [0.05, 0.1) is 10.7 Å². The van der Waals surface area contributed by atoms with Crippen molar-refractivity contribution in [3.05, 3.63) is 70.0 Å². The van der Waals surface area contributed by atoms with E-state index in [-0.39, 0.29) is 16.3 Å². The first kappa shape index (κ1) is 16.6. The summed E-state index contributed by atoms with van der Waals surface area (Å²) < 4.78 is 40.0. The number of hydrogen-bond donors (Lipinski definition) is 1. The quantitative estimate of drug-likeness (QED) is 0.671. The number of amides is 1. The third-order valence-electron chi connectivity index (χ3n) is 2.83. The molecule has 0 saturated heterocycles. The molecule has 2 aromatic rings. The van der Waals surface area contributed by atoms with Crippen molar-refractivity contribution in [2.75, 3.05) is 5.32 Å². The Bertz CT molecular complexity index is 823. The van der Waals surface area contributed by atoms with Gasteiger partial charge in [-0.15, -0.1) is 0 Å². The number of halogens is 4. The zero-order valence-corrected chi connectivity index (χ0v) is 12.2. The molecule has 0 saturated carbocycles. The van der Waals surface area contributed by atoms with Gasteiger partial charge in [-0.3, -0.25) is 4.79 Å². The lowest BCUT2D eigenvalue weighted by molar-refractivity contribution is -0.112. The Balaban J connectivity index is 2.32.